The average Bonchev–Trinajstić information content (AvgIpc) is 2.81. The van der Waals surface area contributed by atoms with E-state index in [0.29, 0.717) is 23.1 Å². The van der Waals surface area contributed by atoms with E-state index in [4.69, 9.17) is 16.3 Å². The fraction of sp³-hybridized carbons (Fsp3) is 0.536. The quantitative estimate of drug-likeness (QED) is 0.249. The fourth-order valence-electron chi connectivity index (χ4n) is 5.85. The van der Waals surface area contributed by atoms with Crippen LogP contribution in [0.4, 0.5) is 4.39 Å². The van der Waals surface area contributed by atoms with Gasteiger partial charge in [0.2, 0.25) is 0 Å². The van der Waals surface area contributed by atoms with Gasteiger partial charge in [0, 0.05) is 5.38 Å². The van der Waals surface area contributed by atoms with Crippen molar-refractivity contribution in [1.29, 1.82) is 0 Å². The van der Waals surface area contributed by atoms with Gasteiger partial charge in [0.15, 0.2) is 0 Å². The SMILES string of the molecule is CCCC1CCC([C@@H]2CCC(c3ccc(C(=O)Oc4ccc(F)cc4)cc3)CC2Cl)CC1. The highest BCUT2D eigenvalue weighted by molar-refractivity contribution is 6.20. The van der Waals surface area contributed by atoms with Gasteiger partial charge in [-0.05, 0) is 97.7 Å². The van der Waals surface area contributed by atoms with Crippen molar-refractivity contribution in [2.45, 2.75) is 76.0 Å². The number of hydrogen-bond donors (Lipinski definition) is 0. The molecule has 4 heteroatoms. The van der Waals surface area contributed by atoms with E-state index >= 15 is 0 Å². The van der Waals surface area contributed by atoms with Crippen molar-refractivity contribution in [3.63, 3.8) is 0 Å². The van der Waals surface area contributed by atoms with Gasteiger partial charge >= 0.3 is 5.97 Å². The molecule has 0 bridgehead atoms. The predicted octanol–water partition coefficient (Wildman–Crippen LogP) is 8.14. The lowest BCUT2D eigenvalue weighted by atomic mass is 9.67. The molecule has 0 radical (unpaired) electrons. The van der Waals surface area contributed by atoms with E-state index < -0.39 is 5.97 Å². The van der Waals surface area contributed by atoms with Gasteiger partial charge in [-0.25, -0.2) is 9.18 Å². The van der Waals surface area contributed by atoms with Gasteiger partial charge in [-0.2, -0.15) is 0 Å². The molecule has 2 aromatic rings. The number of hydrogen-bond acceptors (Lipinski definition) is 2. The summed E-state index contributed by atoms with van der Waals surface area (Å²) in [5.74, 6) is 2.40. The lowest BCUT2D eigenvalue weighted by molar-refractivity contribution is 0.0734. The maximum absolute atomic E-state index is 13.0. The van der Waals surface area contributed by atoms with E-state index in [0.717, 1.165) is 18.3 Å². The highest BCUT2D eigenvalue weighted by Gasteiger charge is 2.36. The third kappa shape index (κ3) is 5.73. The summed E-state index contributed by atoms with van der Waals surface area (Å²) in [7, 11) is 0. The van der Waals surface area contributed by atoms with Crippen LogP contribution < -0.4 is 4.74 Å². The van der Waals surface area contributed by atoms with Crippen molar-refractivity contribution in [2.24, 2.45) is 17.8 Å². The summed E-state index contributed by atoms with van der Waals surface area (Å²) in [6.45, 7) is 2.29. The first-order valence-electron chi connectivity index (χ1n) is 12.2. The molecule has 0 aliphatic heterocycles. The Balaban J connectivity index is 1.30. The molecule has 0 aromatic heterocycles. The maximum atomic E-state index is 13.0. The van der Waals surface area contributed by atoms with Gasteiger partial charge in [0.25, 0.3) is 0 Å². The third-order valence-electron chi connectivity index (χ3n) is 7.66. The van der Waals surface area contributed by atoms with Crippen LogP contribution in [0.2, 0.25) is 0 Å². The van der Waals surface area contributed by atoms with Crippen LogP contribution in [0.1, 0.15) is 86.6 Å². The molecule has 2 aliphatic rings. The molecule has 0 heterocycles. The highest BCUT2D eigenvalue weighted by atomic mass is 35.5. The molecule has 2 saturated carbocycles. The Kier molecular flexibility index (Phi) is 7.88. The van der Waals surface area contributed by atoms with Crippen molar-refractivity contribution >= 4 is 17.6 Å². The number of rotatable bonds is 6. The Morgan fingerprint density at radius 2 is 1.66 bits per heavy atom. The predicted molar refractivity (Wildman–Crippen MR) is 128 cm³/mol. The second kappa shape index (κ2) is 10.8. The topological polar surface area (TPSA) is 26.3 Å². The van der Waals surface area contributed by atoms with Crippen LogP contribution in [0, 0.1) is 23.6 Å². The fourth-order valence-corrected chi connectivity index (χ4v) is 6.39. The van der Waals surface area contributed by atoms with Crippen molar-refractivity contribution in [1.82, 2.24) is 0 Å². The van der Waals surface area contributed by atoms with Crippen LogP contribution in [-0.4, -0.2) is 11.3 Å². The molecule has 3 atom stereocenters. The first kappa shape index (κ1) is 23.3. The summed E-state index contributed by atoms with van der Waals surface area (Å²) in [5, 5.41) is 0.240. The smallest absolute Gasteiger partial charge is 0.343 e. The van der Waals surface area contributed by atoms with Crippen LogP contribution >= 0.6 is 11.6 Å². The summed E-state index contributed by atoms with van der Waals surface area (Å²) in [6, 6.07) is 13.2. The number of ether oxygens (including phenoxy) is 1. The molecule has 4 rings (SSSR count). The normalized spacial score (nSPS) is 28.3. The van der Waals surface area contributed by atoms with Gasteiger partial charge in [0.05, 0.1) is 5.56 Å². The Morgan fingerprint density at radius 3 is 2.28 bits per heavy atom. The van der Waals surface area contributed by atoms with Crippen molar-refractivity contribution in [3.05, 3.63) is 65.5 Å². The van der Waals surface area contributed by atoms with Crippen LogP contribution in [0.5, 0.6) is 5.75 Å². The zero-order valence-corrected chi connectivity index (χ0v) is 19.7. The van der Waals surface area contributed by atoms with Gasteiger partial charge in [-0.1, -0.05) is 44.7 Å². The summed E-state index contributed by atoms with van der Waals surface area (Å²) in [4.78, 5) is 12.4. The Bertz CT molecular complexity index is 871. The molecule has 32 heavy (non-hydrogen) atoms. The standard InChI is InChI=1S/C28H34ClFO2/c1-2-3-19-4-6-21(7-5-19)26-17-12-23(18-27(26)29)20-8-10-22(11-9-20)28(31)32-25-15-13-24(30)14-16-25/h8-11,13-16,19,21,23,26-27H,2-7,12,17-18H2,1H3/t19?,21?,23?,26-,27?/m0/s1. The Morgan fingerprint density at radius 1 is 0.969 bits per heavy atom. The average molecular weight is 457 g/mol. The van der Waals surface area contributed by atoms with Crippen LogP contribution in [0.15, 0.2) is 48.5 Å². The molecule has 2 fully saturated rings. The van der Waals surface area contributed by atoms with Gasteiger partial charge in [0.1, 0.15) is 11.6 Å². The van der Waals surface area contributed by atoms with Crippen molar-refractivity contribution in [3.8, 4) is 5.75 Å². The van der Waals surface area contributed by atoms with E-state index in [1.54, 1.807) is 0 Å². The molecule has 172 valence electrons. The second-order valence-electron chi connectivity index (χ2n) is 9.72. The number of benzene rings is 2. The second-order valence-corrected chi connectivity index (χ2v) is 10.3. The highest BCUT2D eigenvalue weighted by Crippen LogP contribution is 2.46. The zero-order chi connectivity index (χ0) is 22.5. The van der Waals surface area contributed by atoms with Crippen LogP contribution in [0.3, 0.4) is 0 Å². The number of carbonyl (C=O) groups excluding carboxylic acids is 1. The largest absolute Gasteiger partial charge is 0.423 e. The molecule has 0 spiro atoms. The Hall–Kier alpha value is -1.87. The van der Waals surface area contributed by atoms with E-state index in [-0.39, 0.29) is 11.2 Å². The Labute approximate surface area is 196 Å². The van der Waals surface area contributed by atoms with Gasteiger partial charge in [-0.3, -0.25) is 0 Å². The summed E-state index contributed by atoms with van der Waals surface area (Å²) >= 11 is 6.94. The first-order valence-corrected chi connectivity index (χ1v) is 12.7. The lowest BCUT2D eigenvalue weighted by Gasteiger charge is -2.40. The third-order valence-corrected chi connectivity index (χ3v) is 8.16. The van der Waals surface area contributed by atoms with E-state index in [9.17, 15) is 9.18 Å². The zero-order valence-electron chi connectivity index (χ0n) is 18.9. The molecule has 0 N–H and O–H groups in total. The van der Waals surface area contributed by atoms with E-state index in [1.807, 2.05) is 24.3 Å². The lowest BCUT2D eigenvalue weighted by Crippen LogP contribution is -2.32. The molecule has 2 aliphatic carbocycles. The maximum Gasteiger partial charge on any atom is 0.343 e. The molecule has 0 saturated heterocycles. The first-order chi connectivity index (χ1) is 15.5. The number of carbonyl (C=O) groups is 1. The van der Waals surface area contributed by atoms with Crippen molar-refractivity contribution in [2.75, 3.05) is 0 Å². The minimum atomic E-state index is -0.430. The van der Waals surface area contributed by atoms with Gasteiger partial charge < -0.3 is 4.74 Å². The molecule has 2 aromatic carbocycles. The molecular weight excluding hydrogens is 423 g/mol. The summed E-state index contributed by atoms with van der Waals surface area (Å²) in [6.07, 6.45) is 11.6. The van der Waals surface area contributed by atoms with Crippen LogP contribution in [-0.2, 0) is 0 Å². The molecule has 0 amide bonds. The molecule has 2 unspecified atom stereocenters. The van der Waals surface area contributed by atoms with E-state index in [1.165, 1.54) is 81.2 Å². The minimum absolute atomic E-state index is 0.240. The summed E-state index contributed by atoms with van der Waals surface area (Å²) < 4.78 is 18.4. The molecule has 2 nitrogen and oxygen atoms in total. The summed E-state index contributed by atoms with van der Waals surface area (Å²) in [5.41, 5.74) is 1.75. The number of alkyl halides is 1. The number of halogens is 2. The van der Waals surface area contributed by atoms with Gasteiger partial charge in [-0.15, -0.1) is 11.6 Å². The minimum Gasteiger partial charge on any atom is -0.423 e. The van der Waals surface area contributed by atoms with Crippen LogP contribution in [0.25, 0.3) is 0 Å². The van der Waals surface area contributed by atoms with E-state index in [2.05, 4.69) is 6.92 Å². The van der Waals surface area contributed by atoms with Crippen molar-refractivity contribution < 1.29 is 13.9 Å². The monoisotopic (exact) mass is 456 g/mol. The number of esters is 1. The molecular formula is C28H34ClFO2.